The summed E-state index contributed by atoms with van der Waals surface area (Å²) < 4.78 is 0. The van der Waals surface area contributed by atoms with Gasteiger partial charge in [-0.2, -0.15) is 0 Å². The molecule has 3 aliphatic carbocycles. The Bertz CT molecular complexity index is 538. The molecule has 1 aromatic rings. The van der Waals surface area contributed by atoms with Gasteiger partial charge < -0.3 is 0 Å². The number of hydrogen-bond donors (Lipinski definition) is 0. The maximum absolute atomic E-state index is 13.0. The summed E-state index contributed by atoms with van der Waals surface area (Å²) in [5.74, 6) is 2.70. The lowest BCUT2D eigenvalue weighted by molar-refractivity contribution is -0.126. The van der Waals surface area contributed by atoms with Crippen LogP contribution >= 0.6 is 0 Å². The van der Waals surface area contributed by atoms with Crippen LogP contribution in [0.25, 0.3) is 0 Å². The fourth-order valence-electron chi connectivity index (χ4n) is 5.11. The molecule has 4 rings (SSSR count). The van der Waals surface area contributed by atoms with E-state index in [2.05, 4.69) is 11.1 Å². The Balaban J connectivity index is 1.48. The van der Waals surface area contributed by atoms with E-state index in [4.69, 9.17) is 0 Å². The number of ketones is 1. The van der Waals surface area contributed by atoms with Gasteiger partial charge in [0.2, 0.25) is 0 Å². The third-order valence-corrected chi connectivity index (χ3v) is 6.24. The van der Waals surface area contributed by atoms with Gasteiger partial charge in [0.25, 0.3) is 0 Å². The fourth-order valence-corrected chi connectivity index (χ4v) is 5.11. The molecule has 2 fully saturated rings. The number of nitrogens with zero attached hydrogens (tertiary/aromatic N) is 1. The Kier molecular flexibility index (Phi) is 3.56. The molecular weight excluding hydrogens is 258 g/mol. The summed E-state index contributed by atoms with van der Waals surface area (Å²) in [6.45, 7) is 0. The highest BCUT2D eigenvalue weighted by Gasteiger charge is 2.39. The quantitative estimate of drug-likeness (QED) is 0.810. The van der Waals surface area contributed by atoms with Crippen molar-refractivity contribution in [2.75, 3.05) is 0 Å². The molecule has 0 radical (unpaired) electrons. The van der Waals surface area contributed by atoms with Crippen molar-refractivity contribution in [1.29, 1.82) is 0 Å². The van der Waals surface area contributed by atoms with Gasteiger partial charge in [0.05, 0.1) is 11.6 Å². The first kappa shape index (κ1) is 13.5. The average Bonchev–Trinajstić information content (AvgIpc) is 2.98. The van der Waals surface area contributed by atoms with Gasteiger partial charge in [-0.1, -0.05) is 31.7 Å². The zero-order chi connectivity index (χ0) is 14.2. The molecule has 2 nitrogen and oxygen atoms in total. The predicted octanol–water partition coefficient (Wildman–Crippen LogP) is 4.29. The summed E-state index contributed by atoms with van der Waals surface area (Å²) >= 11 is 0. The van der Waals surface area contributed by atoms with Crippen LogP contribution in [0.15, 0.2) is 18.3 Å². The van der Waals surface area contributed by atoms with E-state index in [1.807, 2.05) is 12.3 Å². The van der Waals surface area contributed by atoms with Gasteiger partial charge in [-0.25, -0.2) is 0 Å². The lowest BCUT2D eigenvalue weighted by Gasteiger charge is -2.39. The number of carbonyl (C=O) groups excluding carboxylic acids is 1. The highest BCUT2D eigenvalue weighted by Crippen LogP contribution is 2.45. The molecule has 112 valence electrons. The maximum atomic E-state index is 13.0. The minimum absolute atomic E-state index is 0.103. The minimum atomic E-state index is 0.103. The van der Waals surface area contributed by atoms with Crippen molar-refractivity contribution in [2.45, 2.75) is 63.7 Å². The predicted molar refractivity (Wildman–Crippen MR) is 83.1 cm³/mol. The van der Waals surface area contributed by atoms with E-state index < -0.39 is 0 Å². The zero-order valence-electron chi connectivity index (χ0n) is 12.8. The average molecular weight is 283 g/mol. The van der Waals surface area contributed by atoms with Gasteiger partial charge in [0.1, 0.15) is 5.78 Å². The molecule has 4 unspecified atom stereocenters. The molecule has 0 aromatic carbocycles. The number of hydrogen-bond acceptors (Lipinski definition) is 2. The molecule has 0 amide bonds. The lowest BCUT2D eigenvalue weighted by Crippen LogP contribution is -2.33. The highest BCUT2D eigenvalue weighted by molar-refractivity contribution is 5.88. The zero-order valence-corrected chi connectivity index (χ0v) is 12.8. The Morgan fingerprint density at radius 2 is 1.90 bits per heavy atom. The van der Waals surface area contributed by atoms with Crippen LogP contribution < -0.4 is 0 Å². The highest BCUT2D eigenvalue weighted by atomic mass is 16.1. The first-order valence-corrected chi connectivity index (χ1v) is 8.80. The van der Waals surface area contributed by atoms with Crippen LogP contribution in [0.2, 0.25) is 0 Å². The number of aromatic nitrogens is 1. The molecule has 0 aliphatic heterocycles. The van der Waals surface area contributed by atoms with Gasteiger partial charge >= 0.3 is 0 Å². The number of carbonyl (C=O) groups is 1. The van der Waals surface area contributed by atoms with Crippen LogP contribution in [0.5, 0.6) is 0 Å². The molecule has 1 heterocycles. The number of Topliss-reactive ketones (excluding diaryl/α,β-unsaturated/α-hetero) is 1. The van der Waals surface area contributed by atoms with Gasteiger partial charge in [0.15, 0.2) is 0 Å². The summed E-state index contributed by atoms with van der Waals surface area (Å²) in [6.07, 6.45) is 13.1. The molecule has 3 aliphatic rings. The molecule has 1 aromatic heterocycles. The summed E-state index contributed by atoms with van der Waals surface area (Å²) in [7, 11) is 0. The standard InChI is InChI=1S/C19H25NO/c21-19(17-10-9-14-6-3-11-20-18(14)17)16-8-7-13-4-1-2-5-15(13)12-16/h3,6,11,13,15-17H,1-2,4-5,7-10,12H2. The van der Waals surface area contributed by atoms with Crippen LogP contribution in [-0.2, 0) is 11.2 Å². The molecule has 0 saturated heterocycles. The first-order chi connectivity index (χ1) is 10.3. The van der Waals surface area contributed by atoms with Crippen LogP contribution in [0.3, 0.4) is 0 Å². The Hall–Kier alpha value is -1.18. The normalized spacial score (nSPS) is 35.0. The van der Waals surface area contributed by atoms with Crippen molar-refractivity contribution in [3.63, 3.8) is 0 Å². The van der Waals surface area contributed by atoms with Crippen molar-refractivity contribution >= 4 is 5.78 Å². The Morgan fingerprint density at radius 1 is 1.05 bits per heavy atom. The summed E-state index contributed by atoms with van der Waals surface area (Å²) in [6, 6.07) is 4.15. The van der Waals surface area contributed by atoms with Crippen LogP contribution in [0.4, 0.5) is 0 Å². The molecule has 0 bridgehead atoms. The summed E-state index contributed by atoms with van der Waals surface area (Å²) in [4.78, 5) is 17.5. The van der Waals surface area contributed by atoms with Gasteiger partial charge in [-0.15, -0.1) is 0 Å². The summed E-state index contributed by atoms with van der Waals surface area (Å²) in [5.41, 5.74) is 2.40. The summed E-state index contributed by atoms with van der Waals surface area (Å²) in [5, 5.41) is 0. The molecule has 0 N–H and O–H groups in total. The van der Waals surface area contributed by atoms with Crippen LogP contribution in [-0.4, -0.2) is 10.8 Å². The SMILES string of the molecule is O=C(C1CCC2CCCCC2C1)C1CCc2cccnc21. The van der Waals surface area contributed by atoms with E-state index >= 15 is 0 Å². The second kappa shape index (κ2) is 5.55. The third-order valence-electron chi connectivity index (χ3n) is 6.24. The molecule has 0 spiro atoms. The topological polar surface area (TPSA) is 30.0 Å². The monoisotopic (exact) mass is 283 g/mol. The van der Waals surface area contributed by atoms with E-state index in [-0.39, 0.29) is 5.92 Å². The van der Waals surface area contributed by atoms with Gasteiger partial charge in [0, 0.05) is 12.1 Å². The van der Waals surface area contributed by atoms with Crippen molar-refractivity contribution < 1.29 is 4.79 Å². The van der Waals surface area contributed by atoms with Crippen LogP contribution in [0, 0.1) is 17.8 Å². The maximum Gasteiger partial charge on any atom is 0.145 e. The molecule has 21 heavy (non-hydrogen) atoms. The van der Waals surface area contributed by atoms with Crippen LogP contribution in [0.1, 0.15) is 68.5 Å². The largest absolute Gasteiger partial charge is 0.299 e. The van der Waals surface area contributed by atoms with Gasteiger partial charge in [-0.05, 0) is 55.6 Å². The molecular formula is C19H25NO. The second-order valence-electron chi connectivity index (χ2n) is 7.36. The fraction of sp³-hybridized carbons (Fsp3) is 0.684. The van der Waals surface area contributed by atoms with E-state index in [0.29, 0.717) is 11.7 Å². The Labute approximate surface area is 127 Å². The van der Waals surface area contributed by atoms with Crippen molar-refractivity contribution in [2.24, 2.45) is 17.8 Å². The van der Waals surface area contributed by atoms with E-state index in [9.17, 15) is 4.79 Å². The first-order valence-electron chi connectivity index (χ1n) is 8.80. The lowest BCUT2D eigenvalue weighted by atomic mass is 9.65. The number of pyridine rings is 1. The van der Waals surface area contributed by atoms with E-state index in [1.165, 1.54) is 44.1 Å². The van der Waals surface area contributed by atoms with Crippen molar-refractivity contribution in [1.82, 2.24) is 4.98 Å². The number of rotatable bonds is 2. The van der Waals surface area contributed by atoms with Crippen molar-refractivity contribution in [3.05, 3.63) is 29.6 Å². The minimum Gasteiger partial charge on any atom is -0.299 e. The second-order valence-corrected chi connectivity index (χ2v) is 7.36. The van der Waals surface area contributed by atoms with E-state index in [1.54, 1.807) is 0 Å². The number of aryl methyl sites for hydroxylation is 1. The number of fused-ring (bicyclic) bond motifs is 2. The smallest absolute Gasteiger partial charge is 0.145 e. The third kappa shape index (κ3) is 2.43. The molecule has 2 saturated carbocycles. The van der Waals surface area contributed by atoms with Crippen molar-refractivity contribution in [3.8, 4) is 0 Å². The van der Waals surface area contributed by atoms with E-state index in [0.717, 1.165) is 36.8 Å². The molecule has 2 heteroatoms. The Morgan fingerprint density at radius 3 is 2.81 bits per heavy atom. The van der Waals surface area contributed by atoms with Gasteiger partial charge in [-0.3, -0.25) is 9.78 Å². The molecule has 4 atom stereocenters.